The van der Waals surface area contributed by atoms with E-state index in [4.69, 9.17) is 0 Å². The zero-order valence-corrected chi connectivity index (χ0v) is 11.4. The van der Waals surface area contributed by atoms with Gasteiger partial charge in [-0.3, -0.25) is 0 Å². The van der Waals surface area contributed by atoms with Crippen molar-refractivity contribution in [3.8, 4) is 0 Å². The molecule has 1 aromatic heterocycles. The van der Waals surface area contributed by atoms with Crippen LogP contribution in [0.5, 0.6) is 0 Å². The lowest BCUT2D eigenvalue weighted by molar-refractivity contribution is 0.446. The summed E-state index contributed by atoms with van der Waals surface area (Å²) < 4.78 is 2.38. The van der Waals surface area contributed by atoms with Gasteiger partial charge in [-0.1, -0.05) is 25.7 Å². The first kappa shape index (κ1) is 12.5. The van der Waals surface area contributed by atoms with Crippen molar-refractivity contribution in [2.24, 2.45) is 0 Å². The number of nitrogens with one attached hydrogen (secondary N) is 1. The highest BCUT2D eigenvalue weighted by molar-refractivity contribution is 5.30. The van der Waals surface area contributed by atoms with Crippen LogP contribution in [0.2, 0.25) is 0 Å². The summed E-state index contributed by atoms with van der Waals surface area (Å²) in [6.07, 6.45) is 10.4. The maximum atomic E-state index is 4.61. The van der Waals surface area contributed by atoms with Crippen molar-refractivity contribution in [3.05, 3.63) is 11.9 Å². The predicted octanol–water partition coefficient (Wildman–Crippen LogP) is 3.91. The summed E-state index contributed by atoms with van der Waals surface area (Å²) in [5.74, 6) is 1.06. The molecule has 0 amide bonds. The Hall–Kier alpha value is -0.990. The topological polar surface area (TPSA) is 29.9 Å². The molecule has 0 spiro atoms. The number of imidazole rings is 1. The van der Waals surface area contributed by atoms with E-state index in [-0.39, 0.29) is 0 Å². The van der Waals surface area contributed by atoms with Crippen LogP contribution in [0, 0.1) is 6.92 Å². The van der Waals surface area contributed by atoms with Gasteiger partial charge in [-0.15, -0.1) is 0 Å². The number of hydrogen-bond acceptors (Lipinski definition) is 2. The van der Waals surface area contributed by atoms with Gasteiger partial charge in [-0.05, 0) is 33.6 Å². The minimum absolute atomic E-state index is 0.446. The molecule has 0 bridgehead atoms. The number of nitrogens with zero attached hydrogens (tertiary/aromatic N) is 2. The second-order valence-corrected chi connectivity index (χ2v) is 5.56. The molecule has 1 saturated carbocycles. The Balaban J connectivity index is 2.17. The molecule has 1 aliphatic rings. The molecule has 1 aromatic rings. The standard InChI is InChI=1S/C14H25N3/c1-11(2)15-14-16-12(3)10-17(14)13-8-6-4-5-7-9-13/h10-11,13H,4-9H2,1-3H3,(H,15,16). The molecule has 0 aromatic carbocycles. The van der Waals surface area contributed by atoms with Gasteiger partial charge in [-0.25, -0.2) is 4.98 Å². The number of hydrogen-bond donors (Lipinski definition) is 1. The monoisotopic (exact) mass is 235 g/mol. The van der Waals surface area contributed by atoms with E-state index in [0.717, 1.165) is 11.6 Å². The van der Waals surface area contributed by atoms with Crippen molar-refractivity contribution in [1.82, 2.24) is 9.55 Å². The molecule has 3 nitrogen and oxygen atoms in total. The first-order chi connectivity index (χ1) is 8.16. The molecule has 1 aliphatic carbocycles. The van der Waals surface area contributed by atoms with Gasteiger partial charge in [0.25, 0.3) is 0 Å². The van der Waals surface area contributed by atoms with Crippen LogP contribution < -0.4 is 5.32 Å². The highest BCUT2D eigenvalue weighted by Crippen LogP contribution is 2.30. The Morgan fingerprint density at radius 3 is 2.47 bits per heavy atom. The number of aryl methyl sites for hydroxylation is 1. The second-order valence-electron chi connectivity index (χ2n) is 5.56. The SMILES string of the molecule is Cc1cn(C2CCCCCC2)c(NC(C)C)n1. The van der Waals surface area contributed by atoms with Crippen LogP contribution in [0.1, 0.15) is 64.1 Å². The van der Waals surface area contributed by atoms with Crippen molar-refractivity contribution in [2.45, 2.75) is 71.4 Å². The Bertz CT molecular complexity index is 346. The summed E-state index contributed by atoms with van der Waals surface area (Å²) in [6, 6.07) is 1.10. The normalized spacial score (nSPS) is 18.4. The van der Waals surface area contributed by atoms with Crippen molar-refractivity contribution >= 4 is 5.95 Å². The molecule has 96 valence electrons. The smallest absolute Gasteiger partial charge is 0.203 e. The van der Waals surface area contributed by atoms with Gasteiger partial charge in [0, 0.05) is 18.3 Å². The van der Waals surface area contributed by atoms with Crippen LogP contribution >= 0.6 is 0 Å². The lowest BCUT2D eigenvalue weighted by Crippen LogP contribution is -2.17. The highest BCUT2D eigenvalue weighted by atomic mass is 15.2. The predicted molar refractivity (Wildman–Crippen MR) is 72.5 cm³/mol. The van der Waals surface area contributed by atoms with Crippen LogP contribution in [0.25, 0.3) is 0 Å². The maximum absolute atomic E-state index is 4.61. The lowest BCUT2D eigenvalue weighted by Gasteiger charge is -2.20. The van der Waals surface area contributed by atoms with E-state index >= 15 is 0 Å². The quantitative estimate of drug-likeness (QED) is 0.805. The van der Waals surface area contributed by atoms with E-state index in [1.165, 1.54) is 38.5 Å². The molecule has 0 saturated heterocycles. The van der Waals surface area contributed by atoms with Gasteiger partial charge in [0.05, 0.1) is 5.69 Å². The molecule has 17 heavy (non-hydrogen) atoms. The highest BCUT2D eigenvalue weighted by Gasteiger charge is 2.18. The Labute approximate surface area is 105 Å². The lowest BCUT2D eigenvalue weighted by atomic mass is 10.1. The first-order valence-electron chi connectivity index (χ1n) is 6.99. The Kier molecular flexibility index (Phi) is 4.08. The van der Waals surface area contributed by atoms with Gasteiger partial charge in [0.15, 0.2) is 0 Å². The van der Waals surface area contributed by atoms with Gasteiger partial charge in [-0.2, -0.15) is 0 Å². The fourth-order valence-corrected chi connectivity index (χ4v) is 2.70. The van der Waals surface area contributed by atoms with Crippen LogP contribution in [-0.2, 0) is 0 Å². The minimum Gasteiger partial charge on any atom is -0.353 e. The van der Waals surface area contributed by atoms with Crippen LogP contribution in [0.3, 0.4) is 0 Å². The minimum atomic E-state index is 0.446. The van der Waals surface area contributed by atoms with Crippen LogP contribution in [0.15, 0.2) is 6.20 Å². The molecule has 2 rings (SSSR count). The molecule has 3 heteroatoms. The fraction of sp³-hybridized carbons (Fsp3) is 0.786. The third kappa shape index (κ3) is 3.24. The van der Waals surface area contributed by atoms with E-state index in [9.17, 15) is 0 Å². The number of aromatic nitrogens is 2. The average molecular weight is 235 g/mol. The van der Waals surface area contributed by atoms with Crippen molar-refractivity contribution < 1.29 is 0 Å². The molecule has 0 radical (unpaired) electrons. The number of anilines is 1. The number of rotatable bonds is 3. The molecule has 1 fully saturated rings. The fourth-order valence-electron chi connectivity index (χ4n) is 2.70. The van der Waals surface area contributed by atoms with E-state index in [1.54, 1.807) is 0 Å². The molecule has 1 N–H and O–H groups in total. The first-order valence-corrected chi connectivity index (χ1v) is 6.99. The summed E-state index contributed by atoms with van der Waals surface area (Å²) in [5.41, 5.74) is 1.12. The van der Waals surface area contributed by atoms with Gasteiger partial charge in [0.1, 0.15) is 0 Å². The van der Waals surface area contributed by atoms with Crippen molar-refractivity contribution in [1.29, 1.82) is 0 Å². The third-order valence-electron chi connectivity index (χ3n) is 3.49. The van der Waals surface area contributed by atoms with E-state index < -0.39 is 0 Å². The van der Waals surface area contributed by atoms with Crippen LogP contribution in [-0.4, -0.2) is 15.6 Å². The van der Waals surface area contributed by atoms with E-state index in [0.29, 0.717) is 12.1 Å². The summed E-state index contributed by atoms with van der Waals surface area (Å²) in [6.45, 7) is 6.42. The van der Waals surface area contributed by atoms with E-state index in [1.807, 2.05) is 0 Å². The molecule has 1 heterocycles. The largest absolute Gasteiger partial charge is 0.353 e. The molecular weight excluding hydrogens is 210 g/mol. The molecular formula is C14H25N3. The average Bonchev–Trinajstić information content (AvgIpc) is 2.52. The third-order valence-corrected chi connectivity index (χ3v) is 3.49. The van der Waals surface area contributed by atoms with Crippen molar-refractivity contribution in [2.75, 3.05) is 5.32 Å². The summed E-state index contributed by atoms with van der Waals surface area (Å²) >= 11 is 0. The zero-order chi connectivity index (χ0) is 12.3. The summed E-state index contributed by atoms with van der Waals surface area (Å²) in [4.78, 5) is 4.61. The second kappa shape index (κ2) is 5.56. The molecule has 0 aliphatic heterocycles. The van der Waals surface area contributed by atoms with E-state index in [2.05, 4.69) is 41.8 Å². The summed E-state index contributed by atoms with van der Waals surface area (Å²) in [7, 11) is 0. The van der Waals surface area contributed by atoms with Crippen molar-refractivity contribution in [3.63, 3.8) is 0 Å². The van der Waals surface area contributed by atoms with Gasteiger partial charge < -0.3 is 9.88 Å². The van der Waals surface area contributed by atoms with Gasteiger partial charge >= 0.3 is 0 Å². The zero-order valence-electron chi connectivity index (χ0n) is 11.4. The Morgan fingerprint density at radius 2 is 1.88 bits per heavy atom. The maximum Gasteiger partial charge on any atom is 0.203 e. The van der Waals surface area contributed by atoms with Gasteiger partial charge in [0.2, 0.25) is 5.95 Å². The Morgan fingerprint density at radius 1 is 1.24 bits per heavy atom. The molecule has 0 unspecified atom stereocenters. The van der Waals surface area contributed by atoms with Crippen LogP contribution in [0.4, 0.5) is 5.95 Å². The molecule has 0 atom stereocenters. The summed E-state index contributed by atoms with van der Waals surface area (Å²) in [5, 5.41) is 3.46.